The maximum absolute atomic E-state index is 13.1. The number of alkyl halides is 1. The van der Waals surface area contributed by atoms with Crippen LogP contribution in [0.3, 0.4) is 0 Å². The standard InChI is InChI=1S/C24H30Cl3NO5S/c1-17(13-25)15-33-24-22(26)11-21(12-23(24)27)34(29,30)20-5-3-19(4-6-20)32-16-18(2)14-28-7-9-31-10-8-28/h3-6,11-12,17-18H,7-10,13-16H2,1-2H3. The van der Waals surface area contributed by atoms with Gasteiger partial charge in [-0.05, 0) is 36.4 Å². The van der Waals surface area contributed by atoms with Gasteiger partial charge in [0.25, 0.3) is 0 Å². The Morgan fingerprint density at radius 1 is 0.941 bits per heavy atom. The predicted octanol–water partition coefficient (Wildman–Crippen LogP) is 5.43. The van der Waals surface area contributed by atoms with Crippen molar-refractivity contribution in [3.8, 4) is 11.5 Å². The molecule has 188 valence electrons. The van der Waals surface area contributed by atoms with Crippen LogP contribution in [-0.2, 0) is 14.6 Å². The Morgan fingerprint density at radius 3 is 2.12 bits per heavy atom. The fourth-order valence-corrected chi connectivity index (χ4v) is 5.59. The van der Waals surface area contributed by atoms with Crippen LogP contribution in [-0.4, -0.2) is 65.3 Å². The molecule has 34 heavy (non-hydrogen) atoms. The predicted molar refractivity (Wildman–Crippen MR) is 136 cm³/mol. The smallest absolute Gasteiger partial charge is 0.206 e. The Bertz CT molecular complexity index is 1020. The van der Waals surface area contributed by atoms with Gasteiger partial charge in [-0.3, -0.25) is 4.90 Å². The van der Waals surface area contributed by atoms with E-state index in [1.54, 1.807) is 12.1 Å². The number of nitrogens with zero attached hydrogens (tertiary/aromatic N) is 1. The Morgan fingerprint density at radius 2 is 1.53 bits per heavy atom. The molecule has 1 heterocycles. The minimum absolute atomic E-state index is 0.00644. The van der Waals surface area contributed by atoms with E-state index in [1.807, 2.05) is 6.92 Å². The third-order valence-corrected chi connectivity index (χ3v) is 8.24. The van der Waals surface area contributed by atoms with Crippen LogP contribution >= 0.6 is 34.8 Å². The van der Waals surface area contributed by atoms with Crippen molar-refractivity contribution in [1.29, 1.82) is 0 Å². The number of halogens is 3. The van der Waals surface area contributed by atoms with Crippen LogP contribution < -0.4 is 9.47 Å². The van der Waals surface area contributed by atoms with Gasteiger partial charge in [-0.25, -0.2) is 8.42 Å². The van der Waals surface area contributed by atoms with Crippen molar-refractivity contribution in [2.75, 3.05) is 51.9 Å². The molecule has 0 bridgehead atoms. The fraction of sp³-hybridized carbons (Fsp3) is 0.500. The lowest BCUT2D eigenvalue weighted by Crippen LogP contribution is -2.39. The van der Waals surface area contributed by atoms with Gasteiger partial charge in [0.2, 0.25) is 9.84 Å². The van der Waals surface area contributed by atoms with E-state index >= 15 is 0 Å². The third-order valence-electron chi connectivity index (χ3n) is 5.40. The van der Waals surface area contributed by atoms with Crippen LogP contribution in [0.15, 0.2) is 46.2 Å². The van der Waals surface area contributed by atoms with Gasteiger partial charge in [0.05, 0.1) is 46.3 Å². The van der Waals surface area contributed by atoms with Gasteiger partial charge in [-0.2, -0.15) is 0 Å². The number of rotatable bonds is 11. The maximum Gasteiger partial charge on any atom is 0.206 e. The highest BCUT2D eigenvalue weighted by Gasteiger charge is 2.22. The Kier molecular flexibility index (Phi) is 10.2. The van der Waals surface area contributed by atoms with E-state index in [0.717, 1.165) is 32.8 Å². The summed E-state index contributed by atoms with van der Waals surface area (Å²) in [5.41, 5.74) is 0. The lowest BCUT2D eigenvalue weighted by Gasteiger charge is -2.29. The molecule has 1 fully saturated rings. The Hall–Kier alpha value is -1.22. The average molecular weight is 551 g/mol. The fourth-order valence-electron chi connectivity index (χ4n) is 3.47. The molecule has 2 aromatic rings. The van der Waals surface area contributed by atoms with Crippen molar-refractivity contribution >= 4 is 44.6 Å². The van der Waals surface area contributed by atoms with Gasteiger partial charge < -0.3 is 14.2 Å². The molecule has 0 aliphatic carbocycles. The molecule has 2 aromatic carbocycles. The number of hydrogen-bond donors (Lipinski definition) is 0. The van der Waals surface area contributed by atoms with Crippen LogP contribution in [0.2, 0.25) is 10.0 Å². The zero-order valence-electron chi connectivity index (χ0n) is 19.3. The molecule has 0 aromatic heterocycles. The molecule has 1 aliphatic rings. The normalized spacial score (nSPS) is 16.7. The summed E-state index contributed by atoms with van der Waals surface area (Å²) in [7, 11) is -3.82. The van der Waals surface area contributed by atoms with E-state index in [9.17, 15) is 8.42 Å². The van der Waals surface area contributed by atoms with Gasteiger partial charge in [-0.15, -0.1) is 11.6 Å². The second-order valence-corrected chi connectivity index (χ2v) is 11.7. The molecule has 2 unspecified atom stereocenters. The van der Waals surface area contributed by atoms with E-state index in [-0.39, 0.29) is 31.5 Å². The monoisotopic (exact) mass is 549 g/mol. The van der Waals surface area contributed by atoms with Gasteiger partial charge in [0.15, 0.2) is 5.75 Å². The summed E-state index contributed by atoms with van der Waals surface area (Å²) >= 11 is 18.4. The summed E-state index contributed by atoms with van der Waals surface area (Å²) in [6.45, 7) is 9.25. The van der Waals surface area contributed by atoms with Crippen LogP contribution in [0.25, 0.3) is 0 Å². The van der Waals surface area contributed by atoms with E-state index in [4.69, 9.17) is 49.0 Å². The molecule has 3 rings (SSSR count). The number of hydrogen-bond acceptors (Lipinski definition) is 6. The lowest BCUT2D eigenvalue weighted by atomic mass is 10.2. The molecule has 6 nitrogen and oxygen atoms in total. The molecule has 0 saturated carbocycles. The van der Waals surface area contributed by atoms with Crippen LogP contribution in [0, 0.1) is 11.8 Å². The van der Waals surface area contributed by atoms with Crippen molar-refractivity contribution in [2.24, 2.45) is 11.8 Å². The first kappa shape index (κ1) is 27.4. The second kappa shape index (κ2) is 12.7. The average Bonchev–Trinajstić information content (AvgIpc) is 2.82. The van der Waals surface area contributed by atoms with Crippen molar-refractivity contribution in [1.82, 2.24) is 4.90 Å². The highest BCUT2D eigenvalue weighted by Crippen LogP contribution is 2.37. The summed E-state index contributed by atoms with van der Waals surface area (Å²) in [6.07, 6.45) is 0. The van der Waals surface area contributed by atoms with Crippen molar-refractivity contribution in [3.63, 3.8) is 0 Å². The zero-order chi connectivity index (χ0) is 24.7. The summed E-state index contributed by atoms with van der Waals surface area (Å²) in [5.74, 6) is 1.71. The maximum atomic E-state index is 13.1. The molecular weight excluding hydrogens is 521 g/mol. The lowest BCUT2D eigenvalue weighted by molar-refractivity contribution is 0.0283. The molecule has 1 saturated heterocycles. The molecule has 10 heteroatoms. The van der Waals surface area contributed by atoms with E-state index < -0.39 is 9.84 Å². The van der Waals surface area contributed by atoms with Crippen LogP contribution in [0.5, 0.6) is 11.5 Å². The molecule has 0 amide bonds. The highest BCUT2D eigenvalue weighted by molar-refractivity contribution is 7.91. The van der Waals surface area contributed by atoms with Gasteiger partial charge >= 0.3 is 0 Å². The SMILES string of the molecule is CC(CCl)COc1c(Cl)cc(S(=O)(=O)c2ccc(OCC(C)CN3CCOCC3)cc2)cc1Cl. The second-order valence-electron chi connectivity index (χ2n) is 8.59. The van der Waals surface area contributed by atoms with E-state index in [0.29, 0.717) is 30.8 Å². The van der Waals surface area contributed by atoms with Gasteiger partial charge in [0.1, 0.15) is 5.75 Å². The first-order valence-electron chi connectivity index (χ1n) is 11.2. The number of sulfone groups is 1. The molecule has 2 atom stereocenters. The largest absolute Gasteiger partial charge is 0.493 e. The molecule has 0 spiro atoms. The highest BCUT2D eigenvalue weighted by atomic mass is 35.5. The summed E-state index contributed by atoms with van der Waals surface area (Å²) in [5, 5.41) is 0.254. The van der Waals surface area contributed by atoms with Crippen LogP contribution in [0.1, 0.15) is 13.8 Å². The Labute approximate surface area is 216 Å². The summed E-state index contributed by atoms with van der Waals surface area (Å²) in [6, 6.07) is 9.05. The number of benzene rings is 2. The minimum Gasteiger partial charge on any atom is -0.493 e. The van der Waals surface area contributed by atoms with E-state index in [1.165, 1.54) is 24.3 Å². The Balaban J connectivity index is 1.63. The summed E-state index contributed by atoms with van der Waals surface area (Å²) < 4.78 is 43.1. The van der Waals surface area contributed by atoms with Crippen molar-refractivity contribution in [2.45, 2.75) is 23.6 Å². The molecule has 0 radical (unpaired) electrons. The van der Waals surface area contributed by atoms with Crippen molar-refractivity contribution in [3.05, 3.63) is 46.4 Å². The van der Waals surface area contributed by atoms with Gasteiger partial charge in [-0.1, -0.05) is 37.0 Å². The molecular formula is C24H30Cl3NO5S. The minimum atomic E-state index is -3.82. The molecule has 0 N–H and O–H groups in total. The van der Waals surface area contributed by atoms with Crippen LogP contribution in [0.4, 0.5) is 0 Å². The quantitative estimate of drug-likeness (QED) is 0.348. The first-order chi connectivity index (χ1) is 16.2. The third kappa shape index (κ3) is 7.39. The molecule has 1 aliphatic heterocycles. The van der Waals surface area contributed by atoms with E-state index in [2.05, 4.69) is 11.8 Å². The van der Waals surface area contributed by atoms with Crippen molar-refractivity contribution < 1.29 is 22.6 Å². The number of morpholine rings is 1. The number of ether oxygens (including phenoxy) is 3. The summed E-state index contributed by atoms with van der Waals surface area (Å²) in [4.78, 5) is 2.48. The topological polar surface area (TPSA) is 65.1 Å². The zero-order valence-corrected chi connectivity index (χ0v) is 22.4. The van der Waals surface area contributed by atoms with Gasteiger partial charge in [0, 0.05) is 37.4 Å². The first-order valence-corrected chi connectivity index (χ1v) is 13.9.